The zero-order valence-corrected chi connectivity index (χ0v) is 19.2. The molecular weight excluding hydrogens is 384 g/mol. The van der Waals surface area contributed by atoms with Crippen molar-refractivity contribution in [3.8, 4) is 0 Å². The summed E-state index contributed by atoms with van der Waals surface area (Å²) in [6.45, 7) is 11.9. The second kappa shape index (κ2) is 8.57. The Labute approximate surface area is 175 Å². The molecule has 1 unspecified atom stereocenters. The van der Waals surface area contributed by atoms with Crippen LogP contribution in [0, 0.1) is 13.8 Å². The minimum absolute atomic E-state index is 0.0348. The van der Waals surface area contributed by atoms with E-state index < -0.39 is 10.0 Å². The predicted octanol–water partition coefficient (Wildman–Crippen LogP) is 4.24. The highest BCUT2D eigenvalue weighted by molar-refractivity contribution is 7.92. The Morgan fingerprint density at radius 1 is 1.07 bits per heavy atom. The van der Waals surface area contributed by atoms with E-state index in [0.29, 0.717) is 5.69 Å². The standard InChI is InChI=1S/C23H32N2O3S/c1-16-8-9-17(2)21(14-16)18(3)24-22(26)15-25(29(7,27)28)20-12-10-19(11-13-20)23(4,5)6/h8-14,18H,15H2,1-7H3,(H,24,26). The number of amides is 1. The van der Waals surface area contributed by atoms with E-state index in [9.17, 15) is 13.2 Å². The molecule has 0 bridgehead atoms. The molecule has 0 saturated carbocycles. The number of sulfonamides is 1. The summed E-state index contributed by atoms with van der Waals surface area (Å²) in [6.07, 6.45) is 1.12. The summed E-state index contributed by atoms with van der Waals surface area (Å²) in [5.74, 6) is -0.344. The molecule has 0 aromatic heterocycles. The Morgan fingerprint density at radius 2 is 1.66 bits per heavy atom. The minimum Gasteiger partial charge on any atom is -0.348 e. The maximum absolute atomic E-state index is 12.7. The van der Waals surface area contributed by atoms with E-state index in [0.717, 1.165) is 32.8 Å². The van der Waals surface area contributed by atoms with Gasteiger partial charge in [0.15, 0.2) is 0 Å². The molecule has 0 saturated heterocycles. The fraction of sp³-hybridized carbons (Fsp3) is 0.435. The van der Waals surface area contributed by atoms with Gasteiger partial charge in [-0.3, -0.25) is 9.10 Å². The summed E-state index contributed by atoms with van der Waals surface area (Å²) < 4.78 is 25.8. The van der Waals surface area contributed by atoms with Crippen molar-refractivity contribution in [1.82, 2.24) is 5.32 Å². The second-order valence-corrected chi connectivity index (χ2v) is 10.6. The summed E-state index contributed by atoms with van der Waals surface area (Å²) in [6, 6.07) is 13.2. The first kappa shape index (κ1) is 22.9. The fourth-order valence-electron chi connectivity index (χ4n) is 3.25. The van der Waals surface area contributed by atoms with Crippen molar-refractivity contribution in [2.24, 2.45) is 0 Å². The molecule has 2 aromatic carbocycles. The first-order valence-corrected chi connectivity index (χ1v) is 11.6. The lowest BCUT2D eigenvalue weighted by atomic mass is 9.87. The van der Waals surface area contributed by atoms with Gasteiger partial charge in [0.05, 0.1) is 18.0 Å². The van der Waals surface area contributed by atoms with Gasteiger partial charge in [-0.25, -0.2) is 8.42 Å². The van der Waals surface area contributed by atoms with Crippen LogP contribution in [0.25, 0.3) is 0 Å². The summed E-state index contributed by atoms with van der Waals surface area (Å²) >= 11 is 0. The Balaban J connectivity index is 2.20. The smallest absolute Gasteiger partial charge is 0.241 e. The number of aryl methyl sites for hydroxylation is 2. The molecule has 0 aliphatic carbocycles. The molecule has 5 nitrogen and oxygen atoms in total. The molecule has 0 aliphatic heterocycles. The van der Waals surface area contributed by atoms with Crippen molar-refractivity contribution in [3.05, 3.63) is 64.7 Å². The summed E-state index contributed by atoms with van der Waals surface area (Å²) in [5.41, 5.74) is 4.77. The fourth-order valence-corrected chi connectivity index (χ4v) is 4.11. The molecule has 2 aromatic rings. The highest BCUT2D eigenvalue weighted by atomic mass is 32.2. The normalized spacial score (nSPS) is 13.1. The maximum Gasteiger partial charge on any atom is 0.241 e. The Morgan fingerprint density at radius 3 is 2.17 bits per heavy atom. The number of rotatable bonds is 6. The van der Waals surface area contributed by atoms with Gasteiger partial charge in [-0.1, -0.05) is 56.7 Å². The van der Waals surface area contributed by atoms with Crippen molar-refractivity contribution < 1.29 is 13.2 Å². The number of benzene rings is 2. The number of hydrogen-bond acceptors (Lipinski definition) is 3. The largest absolute Gasteiger partial charge is 0.348 e. The molecule has 0 spiro atoms. The van der Waals surface area contributed by atoms with E-state index in [1.54, 1.807) is 12.1 Å². The average molecular weight is 417 g/mol. The van der Waals surface area contributed by atoms with Gasteiger partial charge in [-0.15, -0.1) is 0 Å². The van der Waals surface area contributed by atoms with Crippen molar-refractivity contribution in [3.63, 3.8) is 0 Å². The third-order valence-electron chi connectivity index (χ3n) is 4.99. The molecular formula is C23H32N2O3S. The number of carbonyl (C=O) groups is 1. The highest BCUT2D eigenvalue weighted by Crippen LogP contribution is 2.26. The molecule has 1 N–H and O–H groups in total. The van der Waals surface area contributed by atoms with Gasteiger partial charge in [0.25, 0.3) is 0 Å². The number of carbonyl (C=O) groups excluding carboxylic acids is 1. The summed E-state index contributed by atoms with van der Waals surface area (Å²) in [7, 11) is -3.60. The van der Waals surface area contributed by atoms with Crippen molar-refractivity contribution >= 4 is 21.6 Å². The molecule has 158 valence electrons. The first-order chi connectivity index (χ1) is 13.3. The van der Waals surface area contributed by atoms with Crippen molar-refractivity contribution in [1.29, 1.82) is 0 Å². The van der Waals surface area contributed by atoms with E-state index >= 15 is 0 Å². The second-order valence-electron chi connectivity index (χ2n) is 8.72. The number of anilines is 1. The van der Waals surface area contributed by atoms with Crippen LogP contribution in [0.4, 0.5) is 5.69 Å². The summed E-state index contributed by atoms with van der Waals surface area (Å²) in [5, 5.41) is 2.93. The van der Waals surface area contributed by atoms with Gasteiger partial charge in [-0.05, 0) is 55.0 Å². The first-order valence-electron chi connectivity index (χ1n) is 9.74. The van der Waals surface area contributed by atoms with Gasteiger partial charge in [0, 0.05) is 0 Å². The average Bonchev–Trinajstić information content (AvgIpc) is 2.60. The molecule has 0 aliphatic rings. The van der Waals surface area contributed by atoms with Crippen LogP contribution >= 0.6 is 0 Å². The van der Waals surface area contributed by atoms with Gasteiger partial charge >= 0.3 is 0 Å². The molecule has 0 fully saturated rings. The van der Waals surface area contributed by atoms with E-state index in [2.05, 4.69) is 26.1 Å². The summed E-state index contributed by atoms with van der Waals surface area (Å²) in [4.78, 5) is 12.7. The molecule has 1 atom stereocenters. The lowest BCUT2D eigenvalue weighted by Gasteiger charge is -2.25. The lowest BCUT2D eigenvalue weighted by molar-refractivity contribution is -0.120. The van der Waals surface area contributed by atoms with Crippen molar-refractivity contribution in [2.45, 2.75) is 53.0 Å². The number of hydrogen-bond donors (Lipinski definition) is 1. The zero-order chi connectivity index (χ0) is 22.0. The van der Waals surface area contributed by atoms with Crippen molar-refractivity contribution in [2.75, 3.05) is 17.1 Å². The van der Waals surface area contributed by atoms with Crippen LogP contribution in [0.2, 0.25) is 0 Å². The topological polar surface area (TPSA) is 66.5 Å². The molecule has 6 heteroatoms. The predicted molar refractivity (Wildman–Crippen MR) is 120 cm³/mol. The maximum atomic E-state index is 12.7. The van der Waals surface area contributed by atoms with Crippen LogP contribution in [-0.4, -0.2) is 27.1 Å². The molecule has 0 radical (unpaired) electrons. The van der Waals surface area contributed by atoms with Crippen LogP contribution in [-0.2, 0) is 20.2 Å². The van der Waals surface area contributed by atoms with Gasteiger partial charge in [0.1, 0.15) is 6.54 Å². The molecule has 2 rings (SSSR count). The van der Waals surface area contributed by atoms with Crippen LogP contribution in [0.5, 0.6) is 0 Å². The molecule has 29 heavy (non-hydrogen) atoms. The Kier molecular flexibility index (Phi) is 6.78. The van der Waals surface area contributed by atoms with E-state index in [4.69, 9.17) is 0 Å². The third-order valence-corrected chi connectivity index (χ3v) is 6.13. The zero-order valence-electron chi connectivity index (χ0n) is 18.4. The van der Waals surface area contributed by atoms with E-state index in [1.807, 2.05) is 51.1 Å². The molecule has 0 heterocycles. The number of nitrogens with zero attached hydrogens (tertiary/aromatic N) is 1. The highest BCUT2D eigenvalue weighted by Gasteiger charge is 2.23. The van der Waals surface area contributed by atoms with Gasteiger partial charge in [-0.2, -0.15) is 0 Å². The minimum atomic E-state index is -3.60. The quantitative estimate of drug-likeness (QED) is 0.766. The number of nitrogens with one attached hydrogen (secondary N) is 1. The van der Waals surface area contributed by atoms with Gasteiger partial charge < -0.3 is 5.32 Å². The van der Waals surface area contributed by atoms with E-state index in [-0.39, 0.29) is 23.9 Å². The Bertz CT molecular complexity index is 974. The lowest BCUT2D eigenvalue weighted by Crippen LogP contribution is -2.41. The monoisotopic (exact) mass is 416 g/mol. The van der Waals surface area contributed by atoms with E-state index in [1.165, 1.54) is 0 Å². The SMILES string of the molecule is Cc1ccc(C)c(C(C)NC(=O)CN(c2ccc(C(C)(C)C)cc2)S(C)(=O)=O)c1. The van der Waals surface area contributed by atoms with Gasteiger partial charge in [0.2, 0.25) is 15.9 Å². The Hall–Kier alpha value is -2.34. The van der Waals surface area contributed by atoms with Crippen LogP contribution in [0.3, 0.4) is 0 Å². The van der Waals surface area contributed by atoms with Crippen LogP contribution in [0.1, 0.15) is 56.0 Å². The third kappa shape index (κ3) is 6.07. The van der Waals surface area contributed by atoms with Crippen LogP contribution < -0.4 is 9.62 Å². The molecule has 1 amide bonds. The van der Waals surface area contributed by atoms with Crippen LogP contribution in [0.15, 0.2) is 42.5 Å².